The average Bonchev–Trinajstić information content (AvgIpc) is 2.61. The summed E-state index contributed by atoms with van der Waals surface area (Å²) in [6.45, 7) is -3.74. The minimum absolute atomic E-state index is 0.0527. The van der Waals surface area contributed by atoms with E-state index in [0.717, 1.165) is 3.57 Å². The Morgan fingerprint density at radius 3 is 2.46 bits per heavy atom. The third-order valence-electron chi connectivity index (χ3n) is 3.09. The smallest absolute Gasteiger partial charge is 0.387 e. The maximum absolute atomic E-state index is 12.6. The molecule has 0 bridgehead atoms. The van der Waals surface area contributed by atoms with Crippen LogP contribution in [0.25, 0.3) is 0 Å². The highest BCUT2D eigenvalue weighted by atomic mass is 127. The van der Waals surface area contributed by atoms with E-state index in [0.29, 0.717) is 5.69 Å². The van der Waals surface area contributed by atoms with Gasteiger partial charge in [0.2, 0.25) is 0 Å². The molecule has 0 aliphatic carbocycles. The fourth-order valence-corrected chi connectivity index (χ4v) is 2.35. The molecule has 138 valence electrons. The maximum Gasteiger partial charge on any atom is 0.387 e. The first kappa shape index (κ1) is 19.9. The average molecular weight is 477 g/mol. The molecule has 1 amide bonds. The quantitative estimate of drug-likeness (QED) is 0.487. The Morgan fingerprint density at radius 1 is 1.15 bits per heavy atom. The van der Waals surface area contributed by atoms with E-state index in [1.165, 1.54) is 25.3 Å². The van der Waals surface area contributed by atoms with Gasteiger partial charge in [0.05, 0.1) is 7.11 Å². The van der Waals surface area contributed by atoms with Crippen molar-refractivity contribution in [2.45, 2.75) is 6.61 Å². The van der Waals surface area contributed by atoms with Crippen LogP contribution in [0.3, 0.4) is 0 Å². The van der Waals surface area contributed by atoms with Crippen molar-refractivity contribution in [1.29, 1.82) is 0 Å². The Balaban J connectivity index is 2.03. The van der Waals surface area contributed by atoms with Crippen LogP contribution >= 0.6 is 22.6 Å². The summed E-state index contributed by atoms with van der Waals surface area (Å²) in [5, 5.41) is 2.55. The van der Waals surface area contributed by atoms with E-state index in [1.807, 2.05) is 0 Å². The molecule has 6 nitrogen and oxygen atoms in total. The number of anilines is 1. The number of methoxy groups -OCH3 is 1. The maximum atomic E-state index is 12.6. The minimum Gasteiger partial charge on any atom is -0.493 e. The molecule has 2 aromatic carbocycles. The molecular weight excluding hydrogens is 463 g/mol. The van der Waals surface area contributed by atoms with E-state index in [9.17, 15) is 18.4 Å². The lowest BCUT2D eigenvalue weighted by Crippen LogP contribution is -2.21. The van der Waals surface area contributed by atoms with Crippen molar-refractivity contribution >= 4 is 40.2 Å². The molecule has 2 aromatic rings. The summed E-state index contributed by atoms with van der Waals surface area (Å²) in [6.07, 6.45) is 0. The van der Waals surface area contributed by atoms with Crippen molar-refractivity contribution in [2.24, 2.45) is 0 Å². The van der Waals surface area contributed by atoms with E-state index in [1.54, 1.807) is 24.3 Å². The van der Waals surface area contributed by atoms with Crippen LogP contribution in [0.5, 0.6) is 11.5 Å². The van der Waals surface area contributed by atoms with Gasteiger partial charge in [-0.15, -0.1) is 0 Å². The Kier molecular flexibility index (Phi) is 7.13. The van der Waals surface area contributed by atoms with E-state index in [2.05, 4.69) is 32.6 Å². The molecule has 0 saturated heterocycles. The van der Waals surface area contributed by atoms with Crippen LogP contribution in [-0.4, -0.2) is 32.2 Å². The van der Waals surface area contributed by atoms with Gasteiger partial charge in [0.25, 0.3) is 5.91 Å². The summed E-state index contributed by atoms with van der Waals surface area (Å²) in [5.41, 5.74) is 0.265. The molecule has 26 heavy (non-hydrogen) atoms. The van der Waals surface area contributed by atoms with Gasteiger partial charge < -0.3 is 19.5 Å². The largest absolute Gasteiger partial charge is 0.493 e. The summed E-state index contributed by atoms with van der Waals surface area (Å²) in [6, 6.07) is 11.0. The monoisotopic (exact) mass is 477 g/mol. The number of benzene rings is 2. The minimum atomic E-state index is -3.15. The number of ether oxygens (including phenoxy) is 3. The zero-order valence-corrected chi connectivity index (χ0v) is 15.7. The molecule has 0 aliphatic heterocycles. The fourth-order valence-electron chi connectivity index (χ4n) is 1.99. The third-order valence-corrected chi connectivity index (χ3v) is 3.81. The second-order valence-corrected chi connectivity index (χ2v) is 6.09. The van der Waals surface area contributed by atoms with Gasteiger partial charge in [-0.2, -0.15) is 8.78 Å². The summed E-state index contributed by atoms with van der Waals surface area (Å²) >= 11 is 2.12. The van der Waals surface area contributed by atoms with Crippen molar-refractivity contribution in [1.82, 2.24) is 0 Å². The number of carbonyl (C=O) groups is 2. The number of nitrogens with one attached hydrogen (secondary N) is 1. The Bertz CT molecular complexity index is 783. The van der Waals surface area contributed by atoms with Gasteiger partial charge in [-0.3, -0.25) is 4.79 Å². The van der Waals surface area contributed by atoms with Crippen LogP contribution in [0.1, 0.15) is 10.4 Å². The molecule has 1 N–H and O–H groups in total. The van der Waals surface area contributed by atoms with E-state index in [4.69, 9.17) is 9.47 Å². The van der Waals surface area contributed by atoms with Gasteiger partial charge in [-0.05, 0) is 59.0 Å². The highest BCUT2D eigenvalue weighted by Gasteiger charge is 2.22. The number of rotatable bonds is 7. The molecule has 0 aliphatic rings. The summed E-state index contributed by atoms with van der Waals surface area (Å²) < 4.78 is 40.3. The zero-order valence-electron chi connectivity index (χ0n) is 13.5. The highest BCUT2D eigenvalue weighted by Crippen LogP contribution is 2.32. The summed E-state index contributed by atoms with van der Waals surface area (Å²) in [5.74, 6) is -2.06. The lowest BCUT2D eigenvalue weighted by Gasteiger charge is -2.13. The van der Waals surface area contributed by atoms with Crippen LogP contribution in [0.2, 0.25) is 0 Å². The second kappa shape index (κ2) is 9.32. The standard InChI is InChI=1S/C17H14F2INO5/c1-24-13-4-2-3-12(15(13)26-17(18)19)16(23)25-9-14(22)21-11-7-5-10(20)6-8-11/h2-8,17H,9H2,1H3,(H,21,22). The summed E-state index contributed by atoms with van der Waals surface area (Å²) in [4.78, 5) is 24.0. The first-order valence-corrected chi connectivity index (χ1v) is 8.33. The van der Waals surface area contributed by atoms with Crippen LogP contribution in [0.15, 0.2) is 42.5 Å². The first-order valence-electron chi connectivity index (χ1n) is 7.25. The molecule has 0 aromatic heterocycles. The molecule has 0 unspecified atom stereocenters. The van der Waals surface area contributed by atoms with E-state index >= 15 is 0 Å². The molecule has 0 heterocycles. The normalized spacial score (nSPS) is 10.3. The Hall–Kier alpha value is -2.43. The molecule has 0 spiro atoms. The van der Waals surface area contributed by atoms with Crippen molar-refractivity contribution in [3.63, 3.8) is 0 Å². The number of hydrogen-bond donors (Lipinski definition) is 1. The topological polar surface area (TPSA) is 73.9 Å². The first-order chi connectivity index (χ1) is 12.4. The van der Waals surface area contributed by atoms with E-state index < -0.39 is 30.8 Å². The van der Waals surface area contributed by atoms with Crippen molar-refractivity contribution < 1.29 is 32.6 Å². The van der Waals surface area contributed by atoms with Gasteiger partial charge in [-0.1, -0.05) is 6.07 Å². The number of carbonyl (C=O) groups excluding carboxylic acids is 2. The van der Waals surface area contributed by atoms with Gasteiger partial charge >= 0.3 is 12.6 Å². The molecule has 0 atom stereocenters. The lowest BCUT2D eigenvalue weighted by atomic mass is 10.2. The zero-order chi connectivity index (χ0) is 19.1. The number of halogens is 3. The van der Waals surface area contributed by atoms with Gasteiger partial charge in [-0.25, -0.2) is 4.79 Å². The predicted octanol–water partition coefficient (Wildman–Crippen LogP) is 3.70. The van der Waals surface area contributed by atoms with Gasteiger partial charge in [0.1, 0.15) is 5.56 Å². The molecule has 0 saturated carbocycles. The van der Waals surface area contributed by atoms with Crippen molar-refractivity contribution in [2.75, 3.05) is 19.0 Å². The Labute approximate surface area is 161 Å². The Morgan fingerprint density at radius 2 is 1.85 bits per heavy atom. The molecule has 9 heteroatoms. The molecule has 0 radical (unpaired) electrons. The van der Waals surface area contributed by atoms with Crippen LogP contribution in [0, 0.1) is 3.57 Å². The number of amides is 1. The number of esters is 1. The lowest BCUT2D eigenvalue weighted by molar-refractivity contribution is -0.119. The van der Waals surface area contributed by atoms with Crippen LogP contribution in [0.4, 0.5) is 14.5 Å². The molecular formula is C17H14F2INO5. The van der Waals surface area contributed by atoms with E-state index in [-0.39, 0.29) is 11.3 Å². The SMILES string of the molecule is COc1cccc(C(=O)OCC(=O)Nc2ccc(I)cc2)c1OC(F)F. The van der Waals surface area contributed by atoms with Crippen molar-refractivity contribution in [3.8, 4) is 11.5 Å². The highest BCUT2D eigenvalue weighted by molar-refractivity contribution is 14.1. The third kappa shape index (κ3) is 5.55. The summed E-state index contributed by atoms with van der Waals surface area (Å²) in [7, 11) is 1.25. The number of hydrogen-bond acceptors (Lipinski definition) is 5. The van der Waals surface area contributed by atoms with Crippen LogP contribution in [-0.2, 0) is 9.53 Å². The van der Waals surface area contributed by atoms with Crippen LogP contribution < -0.4 is 14.8 Å². The molecule has 2 rings (SSSR count). The number of para-hydroxylation sites is 1. The fraction of sp³-hybridized carbons (Fsp3) is 0.176. The second-order valence-electron chi connectivity index (χ2n) is 4.85. The van der Waals surface area contributed by atoms with Crippen molar-refractivity contribution in [3.05, 3.63) is 51.6 Å². The van der Waals surface area contributed by atoms with Gasteiger partial charge in [0, 0.05) is 9.26 Å². The molecule has 0 fully saturated rings. The predicted molar refractivity (Wildman–Crippen MR) is 97.7 cm³/mol. The number of alkyl halides is 2. The van der Waals surface area contributed by atoms with Gasteiger partial charge in [0.15, 0.2) is 18.1 Å².